The monoisotopic (exact) mass is 500 g/mol. The van der Waals surface area contributed by atoms with Crippen LogP contribution in [0.2, 0.25) is 0 Å². The van der Waals surface area contributed by atoms with E-state index in [9.17, 15) is 9.67 Å². The summed E-state index contributed by atoms with van der Waals surface area (Å²) in [6.07, 6.45) is 1.19. The van der Waals surface area contributed by atoms with E-state index in [1.807, 2.05) is 30.3 Å². The van der Waals surface area contributed by atoms with E-state index in [0.717, 1.165) is 22.0 Å². The van der Waals surface area contributed by atoms with E-state index >= 15 is 0 Å². The molecular formula is C26H30BrO3P. The fraction of sp³-hybridized carbons (Fsp3) is 0.308. The van der Waals surface area contributed by atoms with Crippen LogP contribution in [0.3, 0.4) is 0 Å². The van der Waals surface area contributed by atoms with Crippen molar-refractivity contribution >= 4 is 23.3 Å². The molecule has 3 nitrogen and oxygen atoms in total. The third-order valence-corrected chi connectivity index (χ3v) is 7.50. The molecule has 0 fully saturated rings. The summed E-state index contributed by atoms with van der Waals surface area (Å²) in [6, 6.07) is 17.5. The van der Waals surface area contributed by atoms with E-state index in [1.165, 1.54) is 22.3 Å². The smallest absolute Gasteiger partial charge is 0.249 e. The predicted molar refractivity (Wildman–Crippen MR) is 133 cm³/mol. The molecule has 3 aromatic rings. The second kappa shape index (κ2) is 9.63. The van der Waals surface area contributed by atoms with Crippen LogP contribution in [-0.4, -0.2) is 11.8 Å². The first-order chi connectivity index (χ1) is 14.5. The summed E-state index contributed by atoms with van der Waals surface area (Å²) < 4.78 is 19.9. The van der Waals surface area contributed by atoms with Gasteiger partial charge in [-0.2, -0.15) is 0 Å². The van der Waals surface area contributed by atoms with E-state index < -0.39 is 7.37 Å². The molecule has 31 heavy (non-hydrogen) atoms. The average Bonchev–Trinajstić information content (AvgIpc) is 2.67. The highest BCUT2D eigenvalue weighted by molar-refractivity contribution is 9.10. The Kier molecular flexibility index (Phi) is 7.34. The molecule has 3 rings (SSSR count). The van der Waals surface area contributed by atoms with E-state index in [1.54, 1.807) is 12.7 Å². The van der Waals surface area contributed by atoms with E-state index in [4.69, 9.17) is 4.52 Å². The number of phenols is 1. The lowest BCUT2D eigenvalue weighted by Crippen LogP contribution is -2.01. The number of hydrogen-bond acceptors (Lipinski definition) is 3. The Labute approximate surface area is 194 Å². The average molecular weight is 501 g/mol. The zero-order valence-electron chi connectivity index (χ0n) is 18.8. The zero-order valence-corrected chi connectivity index (χ0v) is 21.3. The number of halogens is 1. The molecule has 1 N–H and O–H groups in total. The van der Waals surface area contributed by atoms with Crippen molar-refractivity contribution in [3.8, 4) is 11.5 Å². The van der Waals surface area contributed by atoms with Crippen molar-refractivity contribution in [2.45, 2.75) is 46.2 Å². The molecular weight excluding hydrogens is 471 g/mol. The maximum absolute atomic E-state index is 13.1. The largest absolute Gasteiger partial charge is 0.508 e. The molecule has 0 radical (unpaired) electrons. The van der Waals surface area contributed by atoms with Gasteiger partial charge in [-0.15, -0.1) is 0 Å². The van der Waals surface area contributed by atoms with Crippen molar-refractivity contribution in [2.24, 2.45) is 0 Å². The first-order valence-electron chi connectivity index (χ1n) is 10.5. The van der Waals surface area contributed by atoms with Gasteiger partial charge < -0.3 is 9.63 Å². The normalized spacial score (nSPS) is 13.3. The summed E-state index contributed by atoms with van der Waals surface area (Å²) in [6.45, 7) is 10.1. The van der Waals surface area contributed by atoms with Crippen LogP contribution >= 0.6 is 23.3 Å². The Bertz CT molecular complexity index is 1100. The number of phenolic OH excluding ortho intramolecular Hbond substituents is 1. The van der Waals surface area contributed by atoms with Gasteiger partial charge in [-0.1, -0.05) is 54.0 Å². The van der Waals surface area contributed by atoms with Crippen LogP contribution in [0, 0.1) is 13.8 Å². The second-order valence-electron chi connectivity index (χ2n) is 8.65. The first-order valence-corrected chi connectivity index (χ1v) is 13.5. The van der Waals surface area contributed by atoms with Gasteiger partial charge in [0.2, 0.25) is 7.37 Å². The molecule has 0 saturated heterocycles. The van der Waals surface area contributed by atoms with E-state index in [2.05, 4.69) is 61.8 Å². The highest BCUT2D eigenvalue weighted by Crippen LogP contribution is 2.47. The van der Waals surface area contributed by atoms with Gasteiger partial charge in [-0.3, -0.25) is 4.57 Å². The van der Waals surface area contributed by atoms with Gasteiger partial charge in [0.15, 0.2) is 0 Å². The molecule has 0 amide bonds. The molecule has 0 aliphatic carbocycles. The number of rotatable bonds is 7. The molecule has 0 aliphatic heterocycles. The predicted octanol–water partition coefficient (Wildman–Crippen LogP) is 7.97. The summed E-state index contributed by atoms with van der Waals surface area (Å²) in [4.78, 5) is 0. The third kappa shape index (κ3) is 6.24. The Hall–Kier alpha value is -2.03. The summed E-state index contributed by atoms with van der Waals surface area (Å²) in [5.41, 5.74) is 6.80. The zero-order chi connectivity index (χ0) is 22.8. The molecule has 0 heterocycles. The highest BCUT2D eigenvalue weighted by Gasteiger charge is 2.20. The van der Waals surface area contributed by atoms with Crippen LogP contribution in [0.4, 0.5) is 0 Å². The van der Waals surface area contributed by atoms with Gasteiger partial charge in [-0.05, 0) is 89.9 Å². The van der Waals surface area contributed by atoms with Gasteiger partial charge in [0.25, 0.3) is 0 Å². The van der Waals surface area contributed by atoms with Crippen molar-refractivity contribution in [1.82, 2.24) is 0 Å². The van der Waals surface area contributed by atoms with E-state index in [0.29, 0.717) is 17.7 Å². The molecule has 3 aromatic carbocycles. The van der Waals surface area contributed by atoms with Crippen molar-refractivity contribution in [1.29, 1.82) is 0 Å². The van der Waals surface area contributed by atoms with Gasteiger partial charge in [0, 0.05) is 11.1 Å². The number of aromatic hydroxyl groups is 1. The molecule has 1 unspecified atom stereocenters. The fourth-order valence-electron chi connectivity index (χ4n) is 3.92. The maximum Gasteiger partial charge on any atom is 0.249 e. The lowest BCUT2D eigenvalue weighted by atomic mass is 9.92. The van der Waals surface area contributed by atoms with Gasteiger partial charge >= 0.3 is 0 Å². The molecule has 164 valence electrons. The van der Waals surface area contributed by atoms with Crippen LogP contribution in [-0.2, 0) is 17.1 Å². The molecule has 0 saturated carbocycles. The summed E-state index contributed by atoms with van der Waals surface area (Å²) >= 11 is 3.40. The SMILES string of the molecule is Cc1cc(CP(C)(=O)Oc2ccc(Br)cc2)cc(C)c1Cc1ccc(O)c(C(C)C)c1. The lowest BCUT2D eigenvalue weighted by molar-refractivity contribution is 0.464. The van der Waals surface area contributed by atoms with Crippen molar-refractivity contribution in [2.75, 3.05) is 6.66 Å². The Balaban J connectivity index is 1.79. The topological polar surface area (TPSA) is 46.5 Å². The molecule has 0 spiro atoms. The minimum Gasteiger partial charge on any atom is -0.508 e. The minimum atomic E-state index is -2.84. The molecule has 5 heteroatoms. The van der Waals surface area contributed by atoms with Crippen molar-refractivity contribution in [3.63, 3.8) is 0 Å². The van der Waals surface area contributed by atoms with Crippen LogP contribution in [0.5, 0.6) is 11.5 Å². The standard InChI is InChI=1S/C26H30BrO3P/c1-17(2)24-14-20(6-11-26(24)28)15-25-18(3)12-21(13-19(25)4)16-31(5,29)30-23-9-7-22(27)8-10-23/h6-14,17,28H,15-16H2,1-5H3. The fourth-order valence-corrected chi connectivity index (χ4v) is 5.66. The number of benzene rings is 3. The minimum absolute atomic E-state index is 0.272. The quantitative estimate of drug-likeness (QED) is 0.334. The lowest BCUT2D eigenvalue weighted by Gasteiger charge is -2.18. The molecule has 0 aromatic heterocycles. The van der Waals surface area contributed by atoms with Crippen molar-refractivity contribution in [3.05, 3.63) is 92.5 Å². The van der Waals surface area contributed by atoms with Crippen molar-refractivity contribution < 1.29 is 14.2 Å². The summed E-state index contributed by atoms with van der Waals surface area (Å²) in [5.74, 6) is 1.24. The van der Waals surface area contributed by atoms with E-state index in [-0.39, 0.29) is 5.92 Å². The molecule has 1 atom stereocenters. The third-order valence-electron chi connectivity index (χ3n) is 5.43. The number of aryl methyl sites for hydroxylation is 2. The van der Waals surface area contributed by atoms with Gasteiger partial charge in [0.1, 0.15) is 11.5 Å². The Morgan fingerprint density at radius 1 is 0.968 bits per heavy atom. The Morgan fingerprint density at radius 2 is 1.58 bits per heavy atom. The van der Waals surface area contributed by atoms with Crippen LogP contribution in [0.1, 0.15) is 53.1 Å². The first kappa shape index (κ1) is 23.6. The Morgan fingerprint density at radius 3 is 2.16 bits per heavy atom. The maximum atomic E-state index is 13.1. The number of hydrogen-bond donors (Lipinski definition) is 1. The van der Waals surface area contributed by atoms with Crippen LogP contribution in [0.25, 0.3) is 0 Å². The second-order valence-corrected chi connectivity index (χ2v) is 12.1. The van der Waals surface area contributed by atoms with Crippen LogP contribution in [0.15, 0.2) is 59.1 Å². The van der Waals surface area contributed by atoms with Crippen LogP contribution < -0.4 is 4.52 Å². The van der Waals surface area contributed by atoms with Gasteiger partial charge in [-0.25, -0.2) is 0 Å². The molecule has 0 bridgehead atoms. The highest BCUT2D eigenvalue weighted by atomic mass is 79.9. The van der Waals surface area contributed by atoms with Gasteiger partial charge in [0.05, 0.1) is 6.16 Å². The summed E-state index contributed by atoms with van der Waals surface area (Å²) in [5, 5.41) is 10.1. The summed E-state index contributed by atoms with van der Waals surface area (Å²) in [7, 11) is -2.84. The molecule has 0 aliphatic rings.